The van der Waals surface area contributed by atoms with E-state index in [1.54, 1.807) is 6.07 Å². The molecule has 0 aliphatic rings. The van der Waals surface area contributed by atoms with Crippen LogP contribution in [0, 0.1) is 23.0 Å². The molecule has 4 N–H and O–H groups in total. The first-order valence-electron chi connectivity index (χ1n) is 4.81. The molecule has 0 amide bonds. The lowest BCUT2D eigenvalue weighted by Crippen LogP contribution is -2.05. The van der Waals surface area contributed by atoms with E-state index in [1.807, 2.05) is 0 Å². The first-order valence-corrected chi connectivity index (χ1v) is 4.81. The molecule has 0 spiro atoms. The maximum atomic E-state index is 13.6. The third-order valence-electron chi connectivity index (χ3n) is 2.25. The third kappa shape index (κ3) is 1.91. The van der Waals surface area contributed by atoms with Crippen LogP contribution in [0.3, 0.4) is 0 Å². The molecular weight excluding hydrogens is 240 g/mol. The van der Waals surface area contributed by atoms with Gasteiger partial charge in [-0.05, 0) is 12.1 Å². The van der Waals surface area contributed by atoms with Gasteiger partial charge in [-0.25, -0.2) is 13.8 Å². The van der Waals surface area contributed by atoms with Crippen LogP contribution in [-0.4, -0.2) is 9.97 Å². The minimum absolute atomic E-state index is 0.0556. The van der Waals surface area contributed by atoms with Crippen LogP contribution in [0.2, 0.25) is 0 Å². The quantitative estimate of drug-likeness (QED) is 0.794. The van der Waals surface area contributed by atoms with Gasteiger partial charge in [0.25, 0.3) is 0 Å². The fourth-order valence-corrected chi connectivity index (χ4v) is 1.48. The molecule has 1 aromatic heterocycles. The summed E-state index contributed by atoms with van der Waals surface area (Å²) in [6, 6.07) is 4.66. The molecule has 0 bridgehead atoms. The Hall–Kier alpha value is -2.75. The topological polar surface area (TPSA) is 102 Å². The molecule has 0 atom stereocenters. The Morgan fingerprint density at radius 3 is 2.50 bits per heavy atom. The predicted molar refractivity (Wildman–Crippen MR) is 60.9 cm³/mol. The van der Waals surface area contributed by atoms with Crippen molar-refractivity contribution in [2.24, 2.45) is 0 Å². The number of nitriles is 1. The van der Waals surface area contributed by atoms with E-state index in [0.29, 0.717) is 6.07 Å². The van der Waals surface area contributed by atoms with Crippen LogP contribution >= 0.6 is 0 Å². The number of nitrogens with zero attached hydrogens (tertiary/aromatic N) is 3. The second kappa shape index (κ2) is 4.25. The van der Waals surface area contributed by atoms with Crippen LogP contribution < -0.4 is 11.5 Å². The molecule has 1 heterocycles. The zero-order valence-electron chi connectivity index (χ0n) is 8.98. The Bertz CT molecular complexity index is 663. The molecule has 0 fully saturated rings. The largest absolute Gasteiger partial charge is 0.382 e. The van der Waals surface area contributed by atoms with E-state index in [1.165, 1.54) is 0 Å². The number of nitrogens with two attached hydrogens (primary N) is 2. The average molecular weight is 247 g/mol. The van der Waals surface area contributed by atoms with Gasteiger partial charge in [0.2, 0.25) is 5.95 Å². The van der Waals surface area contributed by atoms with Crippen molar-refractivity contribution in [1.29, 1.82) is 5.26 Å². The van der Waals surface area contributed by atoms with Crippen LogP contribution in [0.5, 0.6) is 0 Å². The molecule has 0 aliphatic heterocycles. The van der Waals surface area contributed by atoms with Crippen molar-refractivity contribution in [3.8, 4) is 17.3 Å². The molecule has 2 rings (SSSR count). The van der Waals surface area contributed by atoms with Crippen molar-refractivity contribution in [1.82, 2.24) is 9.97 Å². The molecule has 0 saturated heterocycles. The summed E-state index contributed by atoms with van der Waals surface area (Å²) in [5, 5.41) is 8.95. The van der Waals surface area contributed by atoms with Crippen molar-refractivity contribution < 1.29 is 8.78 Å². The van der Waals surface area contributed by atoms with E-state index in [4.69, 9.17) is 16.7 Å². The minimum atomic E-state index is -0.857. The smallest absolute Gasteiger partial charge is 0.222 e. The predicted octanol–water partition coefficient (Wildman–Crippen LogP) is 1.46. The van der Waals surface area contributed by atoms with Gasteiger partial charge in [-0.15, -0.1) is 0 Å². The maximum absolute atomic E-state index is 13.6. The monoisotopic (exact) mass is 247 g/mol. The van der Waals surface area contributed by atoms with Gasteiger partial charge in [0.15, 0.2) is 0 Å². The second-order valence-corrected chi connectivity index (χ2v) is 3.43. The summed E-state index contributed by atoms with van der Waals surface area (Å²) < 4.78 is 26.4. The van der Waals surface area contributed by atoms with Crippen LogP contribution in [0.1, 0.15) is 5.56 Å². The van der Waals surface area contributed by atoms with E-state index >= 15 is 0 Å². The number of rotatable bonds is 1. The van der Waals surface area contributed by atoms with E-state index in [2.05, 4.69) is 9.97 Å². The highest BCUT2D eigenvalue weighted by atomic mass is 19.1. The van der Waals surface area contributed by atoms with Crippen molar-refractivity contribution in [2.45, 2.75) is 0 Å². The fraction of sp³-hybridized carbons (Fsp3) is 0. The highest BCUT2D eigenvalue weighted by Gasteiger charge is 2.16. The summed E-state index contributed by atoms with van der Waals surface area (Å²) in [6.45, 7) is 0. The highest BCUT2D eigenvalue weighted by Crippen LogP contribution is 2.27. The number of hydrogen-bond acceptors (Lipinski definition) is 5. The third-order valence-corrected chi connectivity index (χ3v) is 2.25. The normalized spacial score (nSPS) is 10.1. The number of anilines is 2. The van der Waals surface area contributed by atoms with Gasteiger partial charge >= 0.3 is 0 Å². The summed E-state index contributed by atoms with van der Waals surface area (Å²) in [5.74, 6) is -1.93. The van der Waals surface area contributed by atoms with Gasteiger partial charge in [0, 0.05) is 11.6 Å². The van der Waals surface area contributed by atoms with E-state index in [-0.39, 0.29) is 28.6 Å². The van der Waals surface area contributed by atoms with Gasteiger partial charge < -0.3 is 11.5 Å². The van der Waals surface area contributed by atoms with E-state index in [0.717, 1.165) is 12.1 Å². The summed E-state index contributed by atoms with van der Waals surface area (Å²) >= 11 is 0. The Balaban J connectivity index is 2.75. The zero-order valence-corrected chi connectivity index (χ0v) is 8.98. The molecule has 90 valence electrons. The lowest BCUT2D eigenvalue weighted by atomic mass is 10.1. The van der Waals surface area contributed by atoms with Crippen molar-refractivity contribution in [3.63, 3.8) is 0 Å². The van der Waals surface area contributed by atoms with Crippen molar-refractivity contribution >= 4 is 11.8 Å². The molecule has 1 aromatic carbocycles. The van der Waals surface area contributed by atoms with Crippen LogP contribution in [-0.2, 0) is 0 Å². The van der Waals surface area contributed by atoms with Crippen molar-refractivity contribution in [2.75, 3.05) is 11.5 Å². The zero-order chi connectivity index (χ0) is 13.3. The summed E-state index contributed by atoms with van der Waals surface area (Å²) in [6.07, 6.45) is 0. The second-order valence-electron chi connectivity index (χ2n) is 3.43. The Morgan fingerprint density at radius 1 is 1.17 bits per heavy atom. The summed E-state index contributed by atoms with van der Waals surface area (Å²) in [7, 11) is 0. The number of aromatic nitrogens is 2. The number of benzene rings is 1. The van der Waals surface area contributed by atoms with E-state index in [9.17, 15) is 8.78 Å². The lowest BCUT2D eigenvalue weighted by Gasteiger charge is -2.07. The molecule has 0 aliphatic carbocycles. The van der Waals surface area contributed by atoms with Crippen LogP contribution in [0.25, 0.3) is 11.3 Å². The maximum Gasteiger partial charge on any atom is 0.222 e. The van der Waals surface area contributed by atoms with Crippen molar-refractivity contribution in [3.05, 3.63) is 35.4 Å². The Morgan fingerprint density at radius 2 is 1.89 bits per heavy atom. The van der Waals surface area contributed by atoms with Gasteiger partial charge in [0.05, 0.1) is 5.69 Å². The number of nitrogen functional groups attached to an aromatic ring is 2. The van der Waals surface area contributed by atoms with Crippen LogP contribution in [0.15, 0.2) is 18.2 Å². The van der Waals surface area contributed by atoms with Gasteiger partial charge in [-0.3, -0.25) is 0 Å². The lowest BCUT2D eigenvalue weighted by molar-refractivity contribution is 0.585. The van der Waals surface area contributed by atoms with Gasteiger partial charge in [-0.2, -0.15) is 10.2 Å². The molecule has 0 radical (unpaired) electrons. The standard InChI is InChI=1S/C11H7F2N5/c12-5-1-2-6(8(13)3-5)9-7(4-14)10(15)18-11(16)17-9/h1-3H,(H4,15,16,17,18). The highest BCUT2D eigenvalue weighted by molar-refractivity contribution is 5.73. The molecule has 5 nitrogen and oxygen atoms in total. The molecule has 18 heavy (non-hydrogen) atoms. The fourth-order valence-electron chi connectivity index (χ4n) is 1.48. The average Bonchev–Trinajstić information content (AvgIpc) is 2.28. The molecule has 2 aromatic rings. The molecule has 0 unspecified atom stereocenters. The Kier molecular flexibility index (Phi) is 2.77. The van der Waals surface area contributed by atoms with Crippen LogP contribution in [0.4, 0.5) is 20.5 Å². The van der Waals surface area contributed by atoms with E-state index < -0.39 is 11.6 Å². The molecule has 7 heteroatoms. The van der Waals surface area contributed by atoms with Gasteiger partial charge in [0.1, 0.15) is 29.1 Å². The first-order chi connectivity index (χ1) is 8.52. The minimum Gasteiger partial charge on any atom is -0.382 e. The van der Waals surface area contributed by atoms with Gasteiger partial charge in [-0.1, -0.05) is 0 Å². The Labute approximate surface area is 101 Å². The SMILES string of the molecule is N#Cc1c(N)nc(N)nc1-c1ccc(F)cc1F. The molecule has 0 saturated carbocycles. The summed E-state index contributed by atoms with van der Waals surface area (Å²) in [5.41, 5.74) is 10.7. The number of halogens is 2. The summed E-state index contributed by atoms with van der Waals surface area (Å²) in [4.78, 5) is 7.37. The molecular formula is C11H7F2N5. The number of hydrogen-bond donors (Lipinski definition) is 2. The first kappa shape index (κ1) is 11.7.